The number of rotatable bonds is 8. The number of anilines is 1. The summed E-state index contributed by atoms with van der Waals surface area (Å²) < 4.78 is 15.2. The van der Waals surface area contributed by atoms with E-state index in [0.717, 1.165) is 28.9 Å². The molecule has 1 saturated carbocycles. The molecule has 1 fully saturated rings. The Labute approximate surface area is 214 Å². The van der Waals surface area contributed by atoms with Crippen molar-refractivity contribution in [1.29, 1.82) is 0 Å². The number of carboxylic acids is 1. The summed E-state index contributed by atoms with van der Waals surface area (Å²) in [4.78, 5) is 23.4. The van der Waals surface area contributed by atoms with E-state index in [1.54, 1.807) is 6.07 Å². The van der Waals surface area contributed by atoms with Gasteiger partial charge in [0.1, 0.15) is 21.2 Å². The highest BCUT2D eigenvalue weighted by atomic mass is 35.5. The van der Waals surface area contributed by atoms with Gasteiger partial charge in [0.15, 0.2) is 0 Å². The predicted octanol–water partition coefficient (Wildman–Crippen LogP) is 6.69. The number of aromatic nitrogens is 2. The lowest BCUT2D eigenvalue weighted by Crippen LogP contribution is -2.34. The van der Waals surface area contributed by atoms with Gasteiger partial charge in [-0.3, -0.25) is 4.79 Å². The number of pyridine rings is 1. The fourth-order valence-electron chi connectivity index (χ4n) is 4.74. The molecule has 2 heterocycles. The second-order valence-electron chi connectivity index (χ2n) is 8.88. The van der Waals surface area contributed by atoms with Crippen molar-refractivity contribution in [2.24, 2.45) is 0 Å². The number of halogens is 2. The molecule has 5 nitrogen and oxygen atoms in total. The van der Waals surface area contributed by atoms with Crippen LogP contribution >= 0.6 is 23.7 Å². The van der Waals surface area contributed by atoms with Crippen molar-refractivity contribution in [3.63, 3.8) is 0 Å². The molecule has 0 saturated heterocycles. The van der Waals surface area contributed by atoms with Crippen molar-refractivity contribution in [2.45, 2.75) is 44.6 Å². The smallest absolute Gasteiger partial charge is 0.305 e. The SMILES string of the molecule is CCN(c1ccc(-c2nc3ccc(C4(c5ccccc5)CC4)nc3s2)c(F)c1)C(C)CC(=O)O.Cl. The van der Waals surface area contributed by atoms with E-state index in [1.165, 1.54) is 23.0 Å². The molecule has 1 atom stereocenters. The fourth-order valence-corrected chi connectivity index (χ4v) is 5.71. The number of nitrogens with zero attached hydrogens (tertiary/aromatic N) is 3. The fraction of sp³-hybridized carbons (Fsp3) is 0.296. The summed E-state index contributed by atoms with van der Waals surface area (Å²) in [5.74, 6) is -1.25. The Kier molecular flexibility index (Phi) is 7.10. The van der Waals surface area contributed by atoms with Crippen molar-refractivity contribution < 1.29 is 14.3 Å². The molecule has 8 heteroatoms. The minimum Gasteiger partial charge on any atom is -0.481 e. The van der Waals surface area contributed by atoms with Crippen LogP contribution in [-0.4, -0.2) is 33.6 Å². The third-order valence-corrected chi connectivity index (χ3v) is 7.68. The average Bonchev–Trinajstić information content (AvgIpc) is 3.52. The predicted molar refractivity (Wildman–Crippen MR) is 141 cm³/mol. The maximum Gasteiger partial charge on any atom is 0.305 e. The molecule has 1 aliphatic rings. The molecule has 2 aromatic heterocycles. The van der Waals surface area contributed by atoms with E-state index in [2.05, 4.69) is 29.2 Å². The summed E-state index contributed by atoms with van der Waals surface area (Å²) >= 11 is 1.40. The number of benzene rings is 2. The first-order valence-electron chi connectivity index (χ1n) is 11.5. The van der Waals surface area contributed by atoms with Gasteiger partial charge in [-0.25, -0.2) is 14.4 Å². The van der Waals surface area contributed by atoms with Crippen molar-refractivity contribution in [2.75, 3.05) is 11.4 Å². The minimum absolute atomic E-state index is 0. The number of aliphatic carboxylic acids is 1. The number of hydrogen-bond acceptors (Lipinski definition) is 5. The first-order valence-corrected chi connectivity index (χ1v) is 12.3. The van der Waals surface area contributed by atoms with E-state index in [0.29, 0.717) is 22.8 Å². The van der Waals surface area contributed by atoms with Crippen molar-refractivity contribution in [1.82, 2.24) is 9.97 Å². The topological polar surface area (TPSA) is 66.3 Å². The Morgan fingerprint density at radius 1 is 1.14 bits per heavy atom. The average molecular weight is 512 g/mol. The van der Waals surface area contributed by atoms with E-state index in [4.69, 9.17) is 10.1 Å². The number of hydrogen-bond donors (Lipinski definition) is 1. The number of thiazole rings is 1. The minimum atomic E-state index is -0.871. The second-order valence-corrected chi connectivity index (χ2v) is 9.86. The molecule has 0 radical (unpaired) electrons. The Balaban J connectivity index is 0.00000289. The van der Waals surface area contributed by atoms with Crippen LogP contribution in [0.25, 0.3) is 20.9 Å². The lowest BCUT2D eigenvalue weighted by molar-refractivity contribution is -0.137. The zero-order chi connectivity index (χ0) is 23.9. The summed E-state index contributed by atoms with van der Waals surface area (Å²) in [6.45, 7) is 4.36. The summed E-state index contributed by atoms with van der Waals surface area (Å²) in [7, 11) is 0. The second kappa shape index (κ2) is 9.91. The summed E-state index contributed by atoms with van der Waals surface area (Å²) in [5, 5.41) is 9.71. The van der Waals surface area contributed by atoms with Crippen molar-refractivity contribution >= 4 is 45.7 Å². The molecule has 1 unspecified atom stereocenters. The van der Waals surface area contributed by atoms with Crippen molar-refractivity contribution in [3.05, 3.63) is 77.7 Å². The van der Waals surface area contributed by atoms with Crippen LogP contribution in [0.4, 0.5) is 10.1 Å². The van der Waals surface area contributed by atoms with Crippen molar-refractivity contribution in [3.8, 4) is 10.6 Å². The first kappa shape index (κ1) is 25.1. The van der Waals surface area contributed by atoms with Crippen LogP contribution in [0, 0.1) is 5.82 Å². The molecule has 2 aromatic carbocycles. The Bertz CT molecular complexity index is 1360. The monoisotopic (exact) mass is 511 g/mol. The van der Waals surface area contributed by atoms with Gasteiger partial charge in [-0.05, 0) is 62.6 Å². The van der Waals surface area contributed by atoms with Gasteiger partial charge in [0.2, 0.25) is 0 Å². The van der Waals surface area contributed by atoms with Crippen LogP contribution in [0.15, 0.2) is 60.7 Å². The van der Waals surface area contributed by atoms with Crippen LogP contribution in [0.2, 0.25) is 0 Å². The summed E-state index contributed by atoms with van der Waals surface area (Å²) in [6, 6.07) is 19.3. The van der Waals surface area contributed by atoms with E-state index in [1.807, 2.05) is 43.0 Å². The molecule has 1 N–H and O–H groups in total. The van der Waals surface area contributed by atoms with Gasteiger partial charge in [-0.2, -0.15) is 0 Å². The molecule has 35 heavy (non-hydrogen) atoms. The molecule has 0 spiro atoms. The van der Waals surface area contributed by atoms with Gasteiger partial charge in [0, 0.05) is 29.3 Å². The zero-order valence-electron chi connectivity index (χ0n) is 19.6. The van der Waals surface area contributed by atoms with E-state index >= 15 is 4.39 Å². The molecule has 0 bridgehead atoms. The van der Waals surface area contributed by atoms with Gasteiger partial charge in [0.05, 0.1) is 12.1 Å². The molecule has 1 aliphatic carbocycles. The van der Waals surface area contributed by atoms with E-state index in [-0.39, 0.29) is 36.1 Å². The standard InChI is InChI=1S/C27H26FN3O2S.ClH/c1-3-31(17(2)15-24(32)33)19-9-10-20(21(28)16-19)25-29-22-11-12-23(30-26(22)34-25)27(13-14-27)18-7-5-4-6-8-18;/h4-12,16-17H,3,13-15H2,1-2H3,(H,32,33);1H. The van der Waals surface area contributed by atoms with Crippen LogP contribution in [-0.2, 0) is 10.2 Å². The van der Waals surface area contributed by atoms with Gasteiger partial charge < -0.3 is 10.0 Å². The normalized spacial score (nSPS) is 14.8. The number of carbonyl (C=O) groups is 1. The maximum absolute atomic E-state index is 15.2. The molecule has 0 aliphatic heterocycles. The van der Waals surface area contributed by atoms with E-state index in [9.17, 15) is 4.79 Å². The van der Waals surface area contributed by atoms with Gasteiger partial charge in [-0.1, -0.05) is 41.7 Å². The summed E-state index contributed by atoms with van der Waals surface area (Å²) in [5.41, 5.74) is 4.16. The van der Waals surface area contributed by atoms with Crippen LogP contribution < -0.4 is 4.90 Å². The highest BCUT2D eigenvalue weighted by molar-refractivity contribution is 7.21. The molecular weight excluding hydrogens is 485 g/mol. The summed E-state index contributed by atoms with van der Waals surface area (Å²) in [6.07, 6.45) is 2.14. The molecule has 182 valence electrons. The van der Waals surface area contributed by atoms with Crippen LogP contribution in [0.5, 0.6) is 0 Å². The molecule has 0 amide bonds. The maximum atomic E-state index is 15.2. The van der Waals surface area contributed by atoms with E-state index < -0.39 is 5.97 Å². The quantitative estimate of drug-likeness (QED) is 0.285. The number of carboxylic acid groups (broad SMARTS) is 1. The van der Waals surface area contributed by atoms with Gasteiger partial charge in [-0.15, -0.1) is 12.4 Å². The molecular formula is C27H27ClFN3O2S. The van der Waals surface area contributed by atoms with Crippen LogP contribution in [0.3, 0.4) is 0 Å². The van der Waals surface area contributed by atoms with Crippen LogP contribution in [0.1, 0.15) is 44.4 Å². The van der Waals surface area contributed by atoms with Gasteiger partial charge in [0.25, 0.3) is 0 Å². The Morgan fingerprint density at radius 3 is 2.51 bits per heavy atom. The largest absolute Gasteiger partial charge is 0.481 e. The Morgan fingerprint density at radius 2 is 1.89 bits per heavy atom. The lowest BCUT2D eigenvalue weighted by Gasteiger charge is -2.29. The Hall–Kier alpha value is -3.03. The lowest BCUT2D eigenvalue weighted by atomic mass is 9.92. The molecule has 5 rings (SSSR count). The molecule has 4 aromatic rings. The number of fused-ring (bicyclic) bond motifs is 1. The van der Waals surface area contributed by atoms with Gasteiger partial charge >= 0.3 is 5.97 Å². The zero-order valence-corrected chi connectivity index (χ0v) is 21.2. The first-order chi connectivity index (χ1) is 16.4. The third kappa shape index (κ3) is 4.75. The third-order valence-electron chi connectivity index (χ3n) is 6.68. The highest BCUT2D eigenvalue weighted by Crippen LogP contribution is 2.53. The highest BCUT2D eigenvalue weighted by Gasteiger charge is 2.47.